The van der Waals surface area contributed by atoms with E-state index in [0.717, 1.165) is 24.8 Å². The predicted molar refractivity (Wildman–Crippen MR) is 63.5 cm³/mol. The van der Waals surface area contributed by atoms with Crippen molar-refractivity contribution in [2.45, 2.75) is 46.0 Å². The molecule has 0 saturated carbocycles. The van der Waals surface area contributed by atoms with E-state index < -0.39 is 0 Å². The maximum Gasteiger partial charge on any atom is 0.123 e. The molecule has 1 atom stereocenters. The molecule has 0 saturated heterocycles. The average Bonchev–Trinajstić information content (AvgIpc) is 2.16. The smallest absolute Gasteiger partial charge is 0.123 e. The van der Waals surface area contributed by atoms with Crippen LogP contribution < -0.4 is 0 Å². The number of rotatable bonds is 5. The Morgan fingerprint density at radius 3 is 2.53 bits per heavy atom. The van der Waals surface area contributed by atoms with Crippen molar-refractivity contribution in [2.75, 3.05) is 0 Å². The predicted octanol–water partition coefficient (Wildman–Crippen LogP) is 4.76. The second-order valence-corrected chi connectivity index (χ2v) is 4.67. The van der Waals surface area contributed by atoms with Crippen LogP contribution in [0, 0.1) is 11.7 Å². The molecule has 0 bridgehead atoms. The molecule has 0 amide bonds. The van der Waals surface area contributed by atoms with Crippen molar-refractivity contribution in [3.05, 3.63) is 35.6 Å². The van der Waals surface area contributed by atoms with Crippen molar-refractivity contribution in [1.82, 2.24) is 0 Å². The molecule has 1 unspecified atom stereocenters. The molecule has 0 aliphatic heterocycles. The van der Waals surface area contributed by atoms with E-state index in [4.69, 9.17) is 0 Å². The maximum absolute atomic E-state index is 13.1. The highest BCUT2D eigenvalue weighted by Gasteiger charge is 2.12. The number of hydrogen-bond acceptors (Lipinski definition) is 0. The summed E-state index contributed by atoms with van der Waals surface area (Å²) < 4.78 is 13.1. The Hall–Kier alpha value is -0.850. The normalized spacial score (nSPS) is 13.1. The van der Waals surface area contributed by atoms with Gasteiger partial charge in [0.1, 0.15) is 5.82 Å². The first kappa shape index (κ1) is 12.2. The van der Waals surface area contributed by atoms with Gasteiger partial charge in [-0.3, -0.25) is 0 Å². The van der Waals surface area contributed by atoms with Gasteiger partial charge in [0, 0.05) is 0 Å². The van der Waals surface area contributed by atoms with Crippen molar-refractivity contribution in [1.29, 1.82) is 0 Å². The van der Waals surface area contributed by atoms with Crippen LogP contribution in [0.3, 0.4) is 0 Å². The molecule has 84 valence electrons. The summed E-state index contributed by atoms with van der Waals surface area (Å²) in [7, 11) is 0. The van der Waals surface area contributed by atoms with Crippen LogP contribution in [0.15, 0.2) is 24.3 Å². The Morgan fingerprint density at radius 1 is 1.27 bits per heavy atom. The van der Waals surface area contributed by atoms with Crippen LogP contribution >= 0.6 is 0 Å². The fourth-order valence-corrected chi connectivity index (χ4v) is 2.10. The molecule has 1 aromatic carbocycles. The molecule has 1 rings (SSSR count). The zero-order chi connectivity index (χ0) is 11.3. The Labute approximate surface area is 92.5 Å². The van der Waals surface area contributed by atoms with Gasteiger partial charge in [0.2, 0.25) is 0 Å². The lowest BCUT2D eigenvalue weighted by molar-refractivity contribution is 0.470. The minimum Gasteiger partial charge on any atom is -0.207 e. The van der Waals surface area contributed by atoms with Crippen LogP contribution in [0.25, 0.3) is 0 Å². The molecule has 0 N–H and O–H groups in total. The molecule has 0 nitrogen and oxygen atoms in total. The van der Waals surface area contributed by atoms with Crippen molar-refractivity contribution >= 4 is 0 Å². The zero-order valence-corrected chi connectivity index (χ0v) is 9.96. The molecule has 15 heavy (non-hydrogen) atoms. The molecular formula is C14H21F. The third-order valence-corrected chi connectivity index (χ3v) is 2.71. The Morgan fingerprint density at radius 2 is 2.00 bits per heavy atom. The van der Waals surface area contributed by atoms with Gasteiger partial charge in [-0.25, -0.2) is 4.39 Å². The van der Waals surface area contributed by atoms with E-state index >= 15 is 0 Å². The molecule has 1 aromatic rings. The molecule has 0 spiro atoms. The lowest BCUT2D eigenvalue weighted by Gasteiger charge is -2.18. The summed E-state index contributed by atoms with van der Waals surface area (Å²) in [4.78, 5) is 0. The van der Waals surface area contributed by atoms with Gasteiger partial charge in [-0.15, -0.1) is 0 Å². The Bertz CT molecular complexity index is 291. The van der Waals surface area contributed by atoms with Crippen molar-refractivity contribution in [2.24, 2.45) is 5.92 Å². The minimum absolute atomic E-state index is 0.114. The molecule has 0 aliphatic carbocycles. The van der Waals surface area contributed by atoms with Crippen LogP contribution in [-0.2, 0) is 0 Å². The highest BCUT2D eigenvalue weighted by atomic mass is 19.1. The van der Waals surface area contributed by atoms with E-state index in [9.17, 15) is 4.39 Å². The quantitative estimate of drug-likeness (QED) is 0.654. The van der Waals surface area contributed by atoms with E-state index in [1.54, 1.807) is 6.07 Å². The fraction of sp³-hybridized carbons (Fsp3) is 0.571. The summed E-state index contributed by atoms with van der Waals surface area (Å²) in [5, 5.41) is 0. The van der Waals surface area contributed by atoms with Gasteiger partial charge < -0.3 is 0 Å². The standard InChI is InChI=1S/C14H21F/c1-4-6-12(9-11(2)3)13-7-5-8-14(15)10-13/h5,7-8,10-12H,4,6,9H2,1-3H3. The van der Waals surface area contributed by atoms with Gasteiger partial charge >= 0.3 is 0 Å². The highest BCUT2D eigenvalue weighted by Crippen LogP contribution is 2.28. The molecule has 0 heterocycles. The molecule has 1 heteroatoms. The lowest BCUT2D eigenvalue weighted by Crippen LogP contribution is -2.03. The third-order valence-electron chi connectivity index (χ3n) is 2.71. The van der Waals surface area contributed by atoms with Gasteiger partial charge in [0.05, 0.1) is 0 Å². The SMILES string of the molecule is CCCC(CC(C)C)c1cccc(F)c1. The first-order chi connectivity index (χ1) is 7.13. The van der Waals surface area contributed by atoms with E-state index in [1.807, 2.05) is 12.1 Å². The van der Waals surface area contributed by atoms with Crippen molar-refractivity contribution in [3.63, 3.8) is 0 Å². The highest BCUT2D eigenvalue weighted by molar-refractivity contribution is 5.20. The third kappa shape index (κ3) is 4.03. The summed E-state index contributed by atoms with van der Waals surface area (Å²) in [5.41, 5.74) is 1.16. The molecular weight excluding hydrogens is 187 g/mol. The molecule has 0 aliphatic rings. The number of halogens is 1. The average molecular weight is 208 g/mol. The summed E-state index contributed by atoms with van der Waals surface area (Å²) in [5.74, 6) is 1.08. The summed E-state index contributed by atoms with van der Waals surface area (Å²) in [6.07, 6.45) is 3.47. The second kappa shape index (κ2) is 5.89. The van der Waals surface area contributed by atoms with Crippen LogP contribution in [0.1, 0.15) is 51.5 Å². The fourth-order valence-electron chi connectivity index (χ4n) is 2.10. The first-order valence-electron chi connectivity index (χ1n) is 5.89. The minimum atomic E-state index is -0.114. The van der Waals surface area contributed by atoms with Crippen molar-refractivity contribution < 1.29 is 4.39 Å². The van der Waals surface area contributed by atoms with Crippen LogP contribution in [0.4, 0.5) is 4.39 Å². The summed E-state index contributed by atoms with van der Waals surface area (Å²) in [6.45, 7) is 6.64. The summed E-state index contributed by atoms with van der Waals surface area (Å²) in [6, 6.07) is 7.06. The van der Waals surface area contributed by atoms with Gasteiger partial charge in [-0.05, 0) is 42.4 Å². The lowest BCUT2D eigenvalue weighted by atomic mass is 9.87. The van der Waals surface area contributed by atoms with E-state index in [2.05, 4.69) is 20.8 Å². The molecule has 0 fully saturated rings. The van der Waals surface area contributed by atoms with Crippen molar-refractivity contribution in [3.8, 4) is 0 Å². The van der Waals surface area contributed by atoms with E-state index in [1.165, 1.54) is 6.07 Å². The summed E-state index contributed by atoms with van der Waals surface area (Å²) >= 11 is 0. The monoisotopic (exact) mass is 208 g/mol. The van der Waals surface area contributed by atoms with Crippen LogP contribution in [-0.4, -0.2) is 0 Å². The van der Waals surface area contributed by atoms with E-state index in [-0.39, 0.29) is 5.82 Å². The largest absolute Gasteiger partial charge is 0.207 e. The topological polar surface area (TPSA) is 0 Å². The Kier molecular flexibility index (Phi) is 4.80. The first-order valence-corrected chi connectivity index (χ1v) is 5.89. The second-order valence-electron chi connectivity index (χ2n) is 4.67. The van der Waals surface area contributed by atoms with Gasteiger partial charge in [0.25, 0.3) is 0 Å². The van der Waals surface area contributed by atoms with Crippen LogP contribution in [0.2, 0.25) is 0 Å². The maximum atomic E-state index is 13.1. The van der Waals surface area contributed by atoms with Crippen LogP contribution in [0.5, 0.6) is 0 Å². The Balaban J connectivity index is 2.78. The molecule has 0 radical (unpaired) electrons. The number of benzene rings is 1. The zero-order valence-electron chi connectivity index (χ0n) is 9.96. The molecule has 0 aromatic heterocycles. The van der Waals surface area contributed by atoms with Gasteiger partial charge in [-0.1, -0.05) is 39.3 Å². The van der Waals surface area contributed by atoms with Gasteiger partial charge in [-0.2, -0.15) is 0 Å². The van der Waals surface area contributed by atoms with E-state index in [0.29, 0.717) is 11.8 Å². The number of hydrogen-bond donors (Lipinski definition) is 0. The van der Waals surface area contributed by atoms with Gasteiger partial charge in [0.15, 0.2) is 0 Å².